The molecule has 7 nitrogen and oxygen atoms in total. The third-order valence-corrected chi connectivity index (χ3v) is 5.57. The summed E-state index contributed by atoms with van der Waals surface area (Å²) >= 11 is 6.27. The fraction of sp³-hybridized carbons (Fsp3) is 0.350. The van der Waals surface area contributed by atoms with Crippen molar-refractivity contribution in [2.75, 3.05) is 42.9 Å². The van der Waals surface area contributed by atoms with Gasteiger partial charge in [0.1, 0.15) is 5.69 Å². The van der Waals surface area contributed by atoms with Crippen molar-refractivity contribution in [3.05, 3.63) is 62.7 Å². The normalized spacial score (nSPS) is 14.8. The zero-order chi connectivity index (χ0) is 20.3. The van der Waals surface area contributed by atoms with E-state index in [-0.39, 0.29) is 18.1 Å². The molecule has 1 saturated heterocycles. The van der Waals surface area contributed by atoms with Crippen molar-refractivity contribution >= 4 is 34.6 Å². The molecule has 1 aliphatic heterocycles. The van der Waals surface area contributed by atoms with Gasteiger partial charge in [-0.2, -0.15) is 0 Å². The zero-order valence-corrected chi connectivity index (χ0v) is 16.8. The molecular weight excluding hydrogens is 380 g/mol. The van der Waals surface area contributed by atoms with E-state index < -0.39 is 4.92 Å². The maximum atomic E-state index is 12.5. The van der Waals surface area contributed by atoms with Crippen LogP contribution in [0.5, 0.6) is 0 Å². The molecule has 0 spiro atoms. The molecule has 1 fully saturated rings. The van der Waals surface area contributed by atoms with Crippen molar-refractivity contribution in [1.82, 2.24) is 0 Å². The molecule has 8 heteroatoms. The number of amides is 1. The molecule has 0 saturated carbocycles. The van der Waals surface area contributed by atoms with Crippen LogP contribution in [0.3, 0.4) is 0 Å². The average Bonchev–Trinajstić information content (AvgIpc) is 2.66. The Hall–Kier alpha value is -2.64. The SMILES string of the molecule is Cc1ccc([N+](=O)[O-])c(NC(=O)C[NH+]2CCN(c3ccccc3Cl)CC2)c1C. The van der Waals surface area contributed by atoms with Crippen molar-refractivity contribution in [2.45, 2.75) is 13.8 Å². The number of benzene rings is 2. The first-order valence-corrected chi connectivity index (χ1v) is 9.62. The van der Waals surface area contributed by atoms with Gasteiger partial charge in [-0.25, -0.2) is 0 Å². The van der Waals surface area contributed by atoms with Gasteiger partial charge in [0.2, 0.25) is 0 Å². The summed E-state index contributed by atoms with van der Waals surface area (Å²) in [5, 5.41) is 14.8. The fourth-order valence-electron chi connectivity index (χ4n) is 3.47. The molecule has 3 rings (SSSR count). The average molecular weight is 404 g/mol. The summed E-state index contributed by atoms with van der Waals surface area (Å²) in [7, 11) is 0. The van der Waals surface area contributed by atoms with Crippen molar-refractivity contribution in [2.24, 2.45) is 0 Å². The number of nitro groups is 1. The monoisotopic (exact) mass is 403 g/mol. The van der Waals surface area contributed by atoms with Gasteiger partial charge in [0, 0.05) is 6.07 Å². The summed E-state index contributed by atoms with van der Waals surface area (Å²) in [6, 6.07) is 10.9. The number of hydrogen-bond donors (Lipinski definition) is 2. The van der Waals surface area contributed by atoms with E-state index in [2.05, 4.69) is 10.2 Å². The van der Waals surface area contributed by atoms with Crippen LogP contribution in [0.2, 0.25) is 5.02 Å². The number of anilines is 2. The topological polar surface area (TPSA) is 79.9 Å². The van der Waals surface area contributed by atoms with Gasteiger partial charge in [0.15, 0.2) is 6.54 Å². The number of piperazine rings is 1. The molecule has 2 aromatic carbocycles. The molecule has 2 aromatic rings. The second-order valence-electron chi connectivity index (χ2n) is 7.07. The van der Waals surface area contributed by atoms with Crippen LogP contribution < -0.4 is 15.1 Å². The van der Waals surface area contributed by atoms with Gasteiger partial charge < -0.3 is 15.1 Å². The van der Waals surface area contributed by atoms with E-state index in [1.165, 1.54) is 6.07 Å². The molecule has 0 bridgehead atoms. The highest BCUT2D eigenvalue weighted by atomic mass is 35.5. The summed E-state index contributed by atoms with van der Waals surface area (Å²) in [5.74, 6) is -0.210. The van der Waals surface area contributed by atoms with Gasteiger partial charge in [-0.05, 0) is 37.1 Å². The van der Waals surface area contributed by atoms with E-state index in [9.17, 15) is 14.9 Å². The van der Waals surface area contributed by atoms with Crippen LogP contribution in [0.25, 0.3) is 0 Å². The maximum absolute atomic E-state index is 12.5. The summed E-state index contributed by atoms with van der Waals surface area (Å²) in [4.78, 5) is 26.7. The molecule has 0 radical (unpaired) electrons. The number of nitrogens with zero attached hydrogens (tertiary/aromatic N) is 2. The largest absolute Gasteiger partial charge is 0.359 e. The summed E-state index contributed by atoms with van der Waals surface area (Å²) in [5.41, 5.74) is 2.86. The minimum absolute atomic E-state index is 0.0741. The minimum atomic E-state index is -0.461. The van der Waals surface area contributed by atoms with Gasteiger partial charge in [-0.15, -0.1) is 0 Å². The van der Waals surface area contributed by atoms with Crippen molar-refractivity contribution < 1.29 is 14.6 Å². The Morgan fingerprint density at radius 1 is 1.21 bits per heavy atom. The van der Waals surface area contributed by atoms with E-state index in [4.69, 9.17) is 11.6 Å². The van der Waals surface area contributed by atoms with Crippen LogP contribution in [-0.4, -0.2) is 43.6 Å². The highest BCUT2D eigenvalue weighted by Crippen LogP contribution is 2.30. The lowest BCUT2D eigenvalue weighted by Crippen LogP contribution is -3.15. The van der Waals surface area contributed by atoms with Gasteiger partial charge in [0.05, 0.1) is 41.8 Å². The Morgan fingerprint density at radius 2 is 1.89 bits per heavy atom. The van der Waals surface area contributed by atoms with Crippen molar-refractivity contribution in [3.63, 3.8) is 0 Å². The number of rotatable bonds is 5. The molecular formula is C20H24ClN4O3+. The summed E-state index contributed by atoms with van der Waals surface area (Å²) in [6.45, 7) is 7.13. The van der Waals surface area contributed by atoms with Crippen LogP contribution in [0.4, 0.5) is 17.1 Å². The molecule has 1 heterocycles. The highest BCUT2D eigenvalue weighted by Gasteiger charge is 2.25. The number of para-hydroxylation sites is 1. The van der Waals surface area contributed by atoms with Gasteiger partial charge in [-0.3, -0.25) is 14.9 Å². The Bertz CT molecular complexity index is 895. The third kappa shape index (κ3) is 4.43. The van der Waals surface area contributed by atoms with Crippen LogP contribution in [0.1, 0.15) is 11.1 Å². The Labute approximate surface area is 169 Å². The molecule has 0 aliphatic carbocycles. The number of aryl methyl sites for hydroxylation is 1. The predicted molar refractivity (Wildman–Crippen MR) is 110 cm³/mol. The lowest BCUT2D eigenvalue weighted by Gasteiger charge is -2.33. The first-order chi connectivity index (χ1) is 13.4. The lowest BCUT2D eigenvalue weighted by molar-refractivity contribution is -0.892. The van der Waals surface area contributed by atoms with E-state index in [1.807, 2.05) is 31.2 Å². The van der Waals surface area contributed by atoms with Gasteiger partial charge in [-0.1, -0.05) is 29.8 Å². The van der Waals surface area contributed by atoms with E-state index in [1.54, 1.807) is 13.0 Å². The van der Waals surface area contributed by atoms with Crippen LogP contribution in [0, 0.1) is 24.0 Å². The number of carbonyl (C=O) groups is 1. The first-order valence-electron chi connectivity index (χ1n) is 9.24. The quantitative estimate of drug-likeness (QED) is 0.592. The number of quaternary nitrogens is 1. The first kappa shape index (κ1) is 20.1. The van der Waals surface area contributed by atoms with Crippen LogP contribution >= 0.6 is 11.6 Å². The van der Waals surface area contributed by atoms with Crippen LogP contribution in [0.15, 0.2) is 36.4 Å². The molecule has 0 aromatic heterocycles. The minimum Gasteiger partial charge on any atom is -0.359 e. The number of nitro benzene ring substituents is 1. The maximum Gasteiger partial charge on any atom is 0.293 e. The Morgan fingerprint density at radius 3 is 2.54 bits per heavy atom. The van der Waals surface area contributed by atoms with Crippen LogP contribution in [-0.2, 0) is 4.79 Å². The van der Waals surface area contributed by atoms with Gasteiger partial charge >= 0.3 is 0 Å². The summed E-state index contributed by atoms with van der Waals surface area (Å²) in [6.07, 6.45) is 0. The molecule has 0 atom stereocenters. The van der Waals surface area contributed by atoms with Gasteiger partial charge in [0.25, 0.3) is 11.6 Å². The van der Waals surface area contributed by atoms with E-state index >= 15 is 0 Å². The number of nitrogens with one attached hydrogen (secondary N) is 2. The van der Waals surface area contributed by atoms with Crippen molar-refractivity contribution in [1.29, 1.82) is 0 Å². The number of hydrogen-bond acceptors (Lipinski definition) is 4. The van der Waals surface area contributed by atoms with Crippen molar-refractivity contribution in [3.8, 4) is 0 Å². The summed E-state index contributed by atoms with van der Waals surface area (Å²) < 4.78 is 0. The Balaban J connectivity index is 1.61. The standard InChI is InChI=1S/C20H23ClN4O3/c1-14-7-8-18(25(27)28)20(15(14)2)22-19(26)13-23-9-11-24(12-10-23)17-6-4-3-5-16(17)21/h3-8H,9-13H2,1-2H3,(H,22,26)/p+1. The number of carbonyl (C=O) groups excluding carboxylic acids is 1. The highest BCUT2D eigenvalue weighted by molar-refractivity contribution is 6.33. The second-order valence-corrected chi connectivity index (χ2v) is 7.48. The Kier molecular flexibility index (Phi) is 6.16. The zero-order valence-electron chi connectivity index (χ0n) is 16.0. The molecule has 0 unspecified atom stereocenters. The molecule has 148 valence electrons. The van der Waals surface area contributed by atoms with E-state index in [0.717, 1.165) is 52.9 Å². The molecule has 2 N–H and O–H groups in total. The van der Waals surface area contributed by atoms with E-state index in [0.29, 0.717) is 5.69 Å². The molecule has 1 aliphatic rings. The predicted octanol–water partition coefficient (Wildman–Crippen LogP) is 2.21. The fourth-order valence-corrected chi connectivity index (χ4v) is 3.73. The third-order valence-electron chi connectivity index (χ3n) is 5.25. The lowest BCUT2D eigenvalue weighted by atomic mass is 10.1. The molecule has 28 heavy (non-hydrogen) atoms. The second kappa shape index (κ2) is 8.58. The molecule has 1 amide bonds. The number of halogens is 1. The smallest absolute Gasteiger partial charge is 0.293 e.